The Balaban J connectivity index is 1.80. The van der Waals surface area contributed by atoms with E-state index in [-0.39, 0.29) is 13.1 Å². The molecule has 0 saturated carbocycles. The summed E-state index contributed by atoms with van der Waals surface area (Å²) in [7, 11) is 0. The fourth-order valence-corrected chi connectivity index (χ4v) is 3.04. The molecule has 0 aromatic carbocycles. The first-order chi connectivity index (χ1) is 11.4. The van der Waals surface area contributed by atoms with Gasteiger partial charge in [-0.2, -0.15) is 18.2 Å². The molecule has 0 spiro atoms. The molecule has 10 heteroatoms. The Kier molecular flexibility index (Phi) is 4.48. The largest absolute Gasteiger partial charge is 0.394 e. The van der Waals surface area contributed by atoms with Gasteiger partial charge in [0.05, 0.1) is 25.0 Å². The Morgan fingerprint density at radius 1 is 1.25 bits per heavy atom. The predicted octanol–water partition coefficient (Wildman–Crippen LogP) is 0.413. The topological polar surface area (TPSA) is 84.6 Å². The lowest BCUT2D eigenvalue weighted by molar-refractivity contribution is -0.181. The molecule has 2 aliphatic heterocycles. The zero-order valence-corrected chi connectivity index (χ0v) is 12.9. The third-order valence-corrected chi connectivity index (χ3v) is 4.35. The summed E-state index contributed by atoms with van der Waals surface area (Å²) >= 11 is 0. The van der Waals surface area contributed by atoms with E-state index >= 15 is 0 Å². The van der Waals surface area contributed by atoms with Crippen molar-refractivity contribution in [1.29, 1.82) is 0 Å². The Hall–Kier alpha value is -2.10. The molecule has 3 heterocycles. The van der Waals surface area contributed by atoms with Crippen LogP contribution in [0.4, 0.5) is 24.9 Å². The number of nitrogens with zero attached hydrogens (tertiary/aromatic N) is 4. The van der Waals surface area contributed by atoms with Crippen molar-refractivity contribution < 1.29 is 22.7 Å². The molecule has 24 heavy (non-hydrogen) atoms. The Labute approximate surface area is 136 Å². The van der Waals surface area contributed by atoms with Crippen molar-refractivity contribution in [3.05, 3.63) is 12.3 Å². The minimum absolute atomic E-state index is 0.0981. The Bertz CT molecular complexity index is 606. The summed E-state index contributed by atoms with van der Waals surface area (Å²) in [5.41, 5.74) is 5.15. The molecular weight excluding hydrogens is 327 g/mol. The van der Waals surface area contributed by atoms with Gasteiger partial charge < -0.3 is 20.3 Å². The highest BCUT2D eigenvalue weighted by Crippen LogP contribution is 2.38. The van der Waals surface area contributed by atoms with Gasteiger partial charge in [0.2, 0.25) is 11.9 Å². The average Bonchev–Trinajstić information content (AvgIpc) is 3.02. The van der Waals surface area contributed by atoms with Crippen molar-refractivity contribution in [3.63, 3.8) is 0 Å². The molecule has 0 radical (unpaired) electrons. The van der Waals surface area contributed by atoms with Gasteiger partial charge in [-0.25, -0.2) is 4.98 Å². The van der Waals surface area contributed by atoms with Crippen LogP contribution in [0.5, 0.6) is 0 Å². The van der Waals surface area contributed by atoms with E-state index < -0.39 is 23.9 Å². The first kappa shape index (κ1) is 16.7. The number of hydrogen-bond donors (Lipinski definition) is 1. The molecule has 2 N–H and O–H groups in total. The number of primary amides is 1. The number of alkyl halides is 3. The smallest absolute Gasteiger partial charge is 0.378 e. The molecule has 2 fully saturated rings. The maximum atomic E-state index is 13.1. The number of hydrogen-bond acceptors (Lipinski definition) is 6. The van der Waals surface area contributed by atoms with Gasteiger partial charge in [-0.15, -0.1) is 0 Å². The average molecular weight is 345 g/mol. The Morgan fingerprint density at radius 2 is 1.96 bits per heavy atom. The standard InChI is InChI=1S/C14H18F3N5O2/c15-14(16,17)10-8-22(7-9(10)12(18)23)11-1-2-19-13(20-11)21-3-5-24-6-4-21/h1-2,9-10H,3-8H2,(H2,18,23)/t9-,10-/m1/s1. The van der Waals surface area contributed by atoms with Crippen LogP contribution in [0.1, 0.15) is 0 Å². The van der Waals surface area contributed by atoms with Gasteiger partial charge >= 0.3 is 6.18 Å². The molecule has 2 saturated heterocycles. The first-order valence-corrected chi connectivity index (χ1v) is 7.63. The van der Waals surface area contributed by atoms with Crippen LogP contribution in [0.15, 0.2) is 12.3 Å². The summed E-state index contributed by atoms with van der Waals surface area (Å²) in [6.45, 7) is 1.92. The van der Waals surface area contributed by atoms with Gasteiger partial charge in [0.25, 0.3) is 0 Å². The number of rotatable bonds is 3. The number of aromatic nitrogens is 2. The van der Waals surface area contributed by atoms with Crippen molar-refractivity contribution in [1.82, 2.24) is 9.97 Å². The zero-order chi connectivity index (χ0) is 17.3. The van der Waals surface area contributed by atoms with Gasteiger partial charge in [-0.1, -0.05) is 0 Å². The lowest BCUT2D eigenvalue weighted by Gasteiger charge is -2.27. The molecule has 2 aliphatic rings. The minimum atomic E-state index is -4.48. The van der Waals surface area contributed by atoms with Gasteiger partial charge in [-0.3, -0.25) is 4.79 Å². The van der Waals surface area contributed by atoms with E-state index in [4.69, 9.17) is 10.5 Å². The van der Waals surface area contributed by atoms with Crippen LogP contribution >= 0.6 is 0 Å². The van der Waals surface area contributed by atoms with E-state index in [9.17, 15) is 18.0 Å². The van der Waals surface area contributed by atoms with Gasteiger partial charge in [0.1, 0.15) is 5.82 Å². The SMILES string of the molecule is NC(=O)[C@@H]1CN(c2ccnc(N3CCOCC3)n2)C[C@H]1C(F)(F)F. The molecule has 0 unspecified atom stereocenters. The lowest BCUT2D eigenvalue weighted by Crippen LogP contribution is -2.37. The highest BCUT2D eigenvalue weighted by molar-refractivity contribution is 5.78. The summed E-state index contributed by atoms with van der Waals surface area (Å²) in [4.78, 5) is 23.3. The maximum Gasteiger partial charge on any atom is 0.394 e. The molecule has 3 rings (SSSR count). The number of carbonyl (C=O) groups excluding carboxylic acids is 1. The van der Waals surface area contributed by atoms with Crippen molar-refractivity contribution in [3.8, 4) is 0 Å². The van der Waals surface area contributed by atoms with Crippen molar-refractivity contribution in [2.75, 3.05) is 49.2 Å². The molecule has 7 nitrogen and oxygen atoms in total. The molecule has 0 aliphatic carbocycles. The molecule has 132 valence electrons. The third-order valence-electron chi connectivity index (χ3n) is 4.35. The molecule has 1 aromatic rings. The number of anilines is 2. The van der Waals surface area contributed by atoms with Gasteiger partial charge in [0.15, 0.2) is 0 Å². The number of carbonyl (C=O) groups is 1. The lowest BCUT2D eigenvalue weighted by atomic mass is 9.95. The van der Waals surface area contributed by atoms with Crippen LogP contribution < -0.4 is 15.5 Å². The number of halogens is 3. The van der Waals surface area contributed by atoms with Crippen LogP contribution in [0, 0.1) is 11.8 Å². The predicted molar refractivity (Wildman–Crippen MR) is 79.5 cm³/mol. The van der Waals surface area contributed by atoms with Crippen molar-refractivity contribution in [2.45, 2.75) is 6.18 Å². The van der Waals surface area contributed by atoms with E-state index in [0.29, 0.717) is 38.1 Å². The summed E-state index contributed by atoms with van der Waals surface area (Å²) < 4.78 is 44.7. The molecular formula is C14H18F3N5O2. The van der Waals surface area contributed by atoms with Crippen LogP contribution in [0.2, 0.25) is 0 Å². The van der Waals surface area contributed by atoms with E-state index in [1.54, 1.807) is 6.07 Å². The molecule has 2 atom stereocenters. The fourth-order valence-electron chi connectivity index (χ4n) is 3.04. The highest BCUT2D eigenvalue weighted by atomic mass is 19.4. The quantitative estimate of drug-likeness (QED) is 0.854. The van der Waals surface area contributed by atoms with Crippen LogP contribution in [0.25, 0.3) is 0 Å². The second-order valence-corrected chi connectivity index (χ2v) is 5.88. The molecule has 1 aromatic heterocycles. The first-order valence-electron chi connectivity index (χ1n) is 7.63. The summed E-state index contributed by atoms with van der Waals surface area (Å²) in [6.07, 6.45) is -2.97. The van der Waals surface area contributed by atoms with Crippen molar-refractivity contribution in [2.24, 2.45) is 17.6 Å². The second kappa shape index (κ2) is 6.42. The maximum absolute atomic E-state index is 13.1. The monoisotopic (exact) mass is 345 g/mol. The normalized spacial score (nSPS) is 25.1. The third kappa shape index (κ3) is 3.37. The van der Waals surface area contributed by atoms with Crippen LogP contribution in [-0.4, -0.2) is 61.4 Å². The fraction of sp³-hybridized carbons (Fsp3) is 0.643. The minimum Gasteiger partial charge on any atom is -0.378 e. The van der Waals surface area contributed by atoms with E-state index in [1.165, 1.54) is 11.1 Å². The van der Waals surface area contributed by atoms with Crippen LogP contribution in [0.3, 0.4) is 0 Å². The number of nitrogens with two attached hydrogens (primary N) is 1. The van der Waals surface area contributed by atoms with Gasteiger partial charge in [-0.05, 0) is 6.07 Å². The zero-order valence-electron chi connectivity index (χ0n) is 12.9. The summed E-state index contributed by atoms with van der Waals surface area (Å²) in [5, 5.41) is 0. The summed E-state index contributed by atoms with van der Waals surface area (Å²) in [5.74, 6) is -3.18. The molecule has 1 amide bonds. The van der Waals surface area contributed by atoms with Crippen molar-refractivity contribution >= 4 is 17.7 Å². The summed E-state index contributed by atoms with van der Waals surface area (Å²) in [6, 6.07) is 1.54. The van der Waals surface area contributed by atoms with E-state index in [1.807, 2.05) is 4.90 Å². The highest BCUT2D eigenvalue weighted by Gasteiger charge is 2.52. The van der Waals surface area contributed by atoms with E-state index in [0.717, 1.165) is 0 Å². The number of morpholine rings is 1. The van der Waals surface area contributed by atoms with E-state index in [2.05, 4.69) is 9.97 Å². The number of ether oxygens (including phenoxy) is 1. The Morgan fingerprint density at radius 3 is 2.54 bits per heavy atom. The van der Waals surface area contributed by atoms with Crippen LogP contribution in [-0.2, 0) is 9.53 Å². The van der Waals surface area contributed by atoms with Gasteiger partial charge in [0, 0.05) is 32.4 Å². The number of amides is 1. The second-order valence-electron chi connectivity index (χ2n) is 5.88. The molecule has 0 bridgehead atoms.